The molecule has 0 saturated heterocycles. The largest absolute Gasteiger partial charge is 0.463 e. The summed E-state index contributed by atoms with van der Waals surface area (Å²) in [4.78, 5) is 11.1. The average Bonchev–Trinajstić information content (AvgIpc) is 2.56. The summed E-state index contributed by atoms with van der Waals surface area (Å²) < 4.78 is 78.7. The Morgan fingerprint density at radius 3 is 1.37 bits per heavy atom. The van der Waals surface area contributed by atoms with Crippen LogP contribution < -0.4 is 0 Å². The number of hydrogen-bond donors (Lipinski definition) is 1. The zero-order chi connectivity index (χ0) is 21.0. The number of unbranched alkanes of at least 4 members (excludes halogenated alkanes) is 11. The minimum atomic E-state index is -6.20. The number of hydrogen-bond acceptors (Lipinski definition) is 3. The minimum absolute atomic E-state index is 0.147. The molecule has 0 spiro atoms. The van der Waals surface area contributed by atoms with Crippen molar-refractivity contribution in [1.29, 1.82) is 0 Å². The molecule has 0 saturated carbocycles. The van der Waals surface area contributed by atoms with Crippen molar-refractivity contribution in [2.45, 2.75) is 102 Å². The van der Waals surface area contributed by atoms with E-state index in [1.165, 1.54) is 32.1 Å². The molecule has 0 amide bonds. The Labute approximate surface area is 156 Å². The maximum atomic E-state index is 12.4. The van der Waals surface area contributed by atoms with E-state index >= 15 is 0 Å². The highest BCUT2D eigenvalue weighted by atomic mass is 19.4. The first-order chi connectivity index (χ1) is 12.5. The van der Waals surface area contributed by atoms with Gasteiger partial charge >= 0.3 is 23.9 Å². The first-order valence-corrected chi connectivity index (χ1v) is 9.51. The van der Waals surface area contributed by atoms with Gasteiger partial charge < -0.3 is 9.84 Å². The number of carbonyl (C=O) groups is 1. The molecule has 0 atom stereocenters. The monoisotopic (exact) mass is 408 g/mol. The summed E-state index contributed by atoms with van der Waals surface area (Å²) in [5, 5.41) is 8.82. The van der Waals surface area contributed by atoms with Gasteiger partial charge in [0.25, 0.3) is 0 Å². The second kappa shape index (κ2) is 12.5. The van der Waals surface area contributed by atoms with Crippen LogP contribution in [0.25, 0.3) is 0 Å². The van der Waals surface area contributed by atoms with Crippen molar-refractivity contribution >= 4 is 5.97 Å². The third kappa shape index (κ3) is 9.17. The predicted molar refractivity (Wildman–Crippen MR) is 89.1 cm³/mol. The van der Waals surface area contributed by atoms with Gasteiger partial charge in [-0.15, -0.1) is 0 Å². The lowest BCUT2D eigenvalue weighted by Crippen LogP contribution is -2.63. The molecule has 0 fully saturated rings. The van der Waals surface area contributed by atoms with Crippen molar-refractivity contribution < 1.29 is 41.0 Å². The second-order valence-electron chi connectivity index (χ2n) is 6.73. The van der Waals surface area contributed by atoms with Gasteiger partial charge in [-0.25, -0.2) is 4.79 Å². The fourth-order valence-corrected chi connectivity index (χ4v) is 2.60. The molecule has 0 aliphatic rings. The number of esters is 1. The molecule has 0 radical (unpaired) electrons. The Balaban J connectivity index is 3.85. The molecule has 9 heteroatoms. The molecule has 162 valence electrons. The SMILES string of the molecule is CCCCCCCCCCCCCCOC(=O)C(O)(C(F)(F)F)C(F)(F)F. The minimum Gasteiger partial charge on any atom is -0.463 e. The molecule has 0 bridgehead atoms. The lowest BCUT2D eigenvalue weighted by atomic mass is 10.0. The molecule has 3 nitrogen and oxygen atoms in total. The number of ether oxygens (including phenoxy) is 1. The van der Waals surface area contributed by atoms with E-state index in [9.17, 15) is 31.1 Å². The summed E-state index contributed by atoms with van der Waals surface area (Å²) in [5.74, 6) is -2.73. The van der Waals surface area contributed by atoms with E-state index in [1.807, 2.05) is 0 Å². The van der Waals surface area contributed by atoms with Crippen LogP contribution in [0.1, 0.15) is 84.0 Å². The molecule has 27 heavy (non-hydrogen) atoms. The van der Waals surface area contributed by atoms with Crippen molar-refractivity contribution in [3.8, 4) is 0 Å². The van der Waals surface area contributed by atoms with E-state index in [1.54, 1.807) is 0 Å². The number of aliphatic hydroxyl groups is 1. The maximum absolute atomic E-state index is 12.4. The topological polar surface area (TPSA) is 46.5 Å². The van der Waals surface area contributed by atoms with Crippen molar-refractivity contribution in [3.05, 3.63) is 0 Å². The highest BCUT2D eigenvalue weighted by molar-refractivity contribution is 5.81. The zero-order valence-corrected chi connectivity index (χ0v) is 15.7. The fourth-order valence-electron chi connectivity index (χ4n) is 2.60. The molecule has 1 N–H and O–H groups in total. The number of rotatable bonds is 14. The number of halogens is 6. The third-order valence-electron chi connectivity index (χ3n) is 4.35. The molecule has 0 heterocycles. The zero-order valence-electron chi connectivity index (χ0n) is 15.7. The molecular formula is C18H30F6O3. The van der Waals surface area contributed by atoms with Gasteiger partial charge in [0.1, 0.15) is 0 Å². The molecule has 0 aromatic heterocycles. The lowest BCUT2D eigenvalue weighted by Gasteiger charge is -2.29. The highest BCUT2D eigenvalue weighted by Gasteiger charge is 2.76. The maximum Gasteiger partial charge on any atom is 0.437 e. The summed E-state index contributed by atoms with van der Waals surface area (Å²) in [5.41, 5.74) is -5.49. The summed E-state index contributed by atoms with van der Waals surface area (Å²) in [6.45, 7) is 1.57. The Kier molecular flexibility index (Phi) is 12.0. The molecule has 0 aromatic rings. The van der Waals surface area contributed by atoms with Crippen LogP contribution in [0.3, 0.4) is 0 Å². The van der Waals surface area contributed by atoms with Crippen molar-refractivity contribution in [2.75, 3.05) is 6.61 Å². The van der Waals surface area contributed by atoms with E-state index in [-0.39, 0.29) is 6.42 Å². The molecule has 0 aliphatic heterocycles. The quantitative estimate of drug-likeness (QED) is 0.215. The Hall–Kier alpha value is -0.990. The van der Waals surface area contributed by atoms with Gasteiger partial charge in [-0.3, -0.25) is 0 Å². The van der Waals surface area contributed by atoms with E-state index in [0.717, 1.165) is 32.1 Å². The Morgan fingerprint density at radius 1 is 0.704 bits per heavy atom. The fraction of sp³-hybridized carbons (Fsp3) is 0.944. The second-order valence-corrected chi connectivity index (χ2v) is 6.73. The number of alkyl halides is 6. The summed E-state index contributed by atoms with van der Waals surface area (Å²) >= 11 is 0. The van der Waals surface area contributed by atoms with Crippen LogP contribution in [0, 0.1) is 0 Å². The van der Waals surface area contributed by atoms with Crippen LogP contribution in [-0.4, -0.2) is 35.6 Å². The molecule has 0 aliphatic carbocycles. The summed E-state index contributed by atoms with van der Waals surface area (Å²) in [6.07, 6.45) is -0.586. The van der Waals surface area contributed by atoms with Gasteiger partial charge in [0.2, 0.25) is 0 Å². The highest BCUT2D eigenvalue weighted by Crippen LogP contribution is 2.43. The van der Waals surface area contributed by atoms with E-state index < -0.39 is 30.5 Å². The average molecular weight is 408 g/mol. The molecule has 0 unspecified atom stereocenters. The van der Waals surface area contributed by atoms with Gasteiger partial charge in [-0.2, -0.15) is 26.3 Å². The molecule has 0 aromatic carbocycles. The lowest BCUT2D eigenvalue weighted by molar-refractivity contribution is -0.356. The molecular weight excluding hydrogens is 378 g/mol. The van der Waals surface area contributed by atoms with Crippen LogP contribution in [0.5, 0.6) is 0 Å². The Bertz CT molecular complexity index is 393. The first kappa shape index (κ1) is 26.0. The van der Waals surface area contributed by atoms with Crippen molar-refractivity contribution in [2.24, 2.45) is 0 Å². The summed E-state index contributed by atoms with van der Waals surface area (Å²) in [6, 6.07) is 0. The van der Waals surface area contributed by atoms with Gasteiger partial charge in [-0.05, 0) is 6.42 Å². The van der Waals surface area contributed by atoms with Gasteiger partial charge in [-0.1, -0.05) is 77.6 Å². The van der Waals surface area contributed by atoms with Gasteiger partial charge in [0, 0.05) is 0 Å². The van der Waals surface area contributed by atoms with E-state index in [4.69, 9.17) is 5.11 Å². The van der Waals surface area contributed by atoms with Crippen LogP contribution >= 0.6 is 0 Å². The standard InChI is InChI=1S/C18H30F6O3/c1-2-3-4-5-6-7-8-9-10-11-12-13-14-27-15(25)16(26,17(19,20)21)18(22,23)24/h26H,2-14H2,1H3. The first-order valence-electron chi connectivity index (χ1n) is 9.51. The van der Waals surface area contributed by atoms with Crippen LogP contribution in [-0.2, 0) is 9.53 Å². The Morgan fingerprint density at radius 2 is 1.04 bits per heavy atom. The van der Waals surface area contributed by atoms with Gasteiger partial charge in [0.05, 0.1) is 6.61 Å². The van der Waals surface area contributed by atoms with E-state index in [0.29, 0.717) is 6.42 Å². The van der Waals surface area contributed by atoms with Crippen molar-refractivity contribution in [1.82, 2.24) is 0 Å². The predicted octanol–water partition coefficient (Wildman–Crippen LogP) is 6.09. The van der Waals surface area contributed by atoms with Crippen LogP contribution in [0.4, 0.5) is 26.3 Å². The molecule has 0 rings (SSSR count). The van der Waals surface area contributed by atoms with Crippen LogP contribution in [0.15, 0.2) is 0 Å². The number of carbonyl (C=O) groups excluding carboxylic acids is 1. The van der Waals surface area contributed by atoms with E-state index in [2.05, 4.69) is 11.7 Å². The normalized spacial score (nSPS) is 13.0. The third-order valence-corrected chi connectivity index (χ3v) is 4.35. The van der Waals surface area contributed by atoms with Crippen LogP contribution in [0.2, 0.25) is 0 Å². The van der Waals surface area contributed by atoms with Gasteiger partial charge in [0.15, 0.2) is 0 Å². The van der Waals surface area contributed by atoms with Crippen molar-refractivity contribution in [3.63, 3.8) is 0 Å². The summed E-state index contributed by atoms with van der Waals surface area (Å²) in [7, 11) is 0. The smallest absolute Gasteiger partial charge is 0.437 e.